The Hall–Kier alpha value is -0.990. The summed E-state index contributed by atoms with van der Waals surface area (Å²) >= 11 is 0. The average molecular weight is 261 g/mol. The number of sulfonamides is 1. The van der Waals surface area contributed by atoms with E-state index in [2.05, 4.69) is 14.9 Å². The fourth-order valence-corrected chi connectivity index (χ4v) is 3.08. The minimum atomic E-state index is -3.42. The molecule has 0 radical (unpaired) electrons. The normalized spacial score (nSPS) is 15.8. The number of aryl methyl sites for hydroxylation is 1. The maximum atomic E-state index is 12.0. The Morgan fingerprint density at radius 3 is 2.65 bits per heavy atom. The van der Waals surface area contributed by atoms with Gasteiger partial charge in [0.15, 0.2) is 0 Å². The molecule has 1 aromatic rings. The lowest BCUT2D eigenvalue weighted by atomic mass is 10.3. The van der Waals surface area contributed by atoms with Crippen LogP contribution in [-0.2, 0) is 17.1 Å². The van der Waals surface area contributed by atoms with Crippen LogP contribution in [0.1, 0.15) is 32.1 Å². The standard InChI is InChI=1S/C9H19N5O2S/c1-4-8(5-10)17(15,16)13-7(2)9-12-11-6-14(9)3/h6-8,13H,4-5,10H2,1-3H3. The fraction of sp³-hybridized carbons (Fsp3) is 0.778. The summed E-state index contributed by atoms with van der Waals surface area (Å²) in [5.41, 5.74) is 5.44. The second-order valence-corrected chi connectivity index (χ2v) is 5.94. The summed E-state index contributed by atoms with van der Waals surface area (Å²) in [6.45, 7) is 3.63. The fourth-order valence-electron chi connectivity index (χ4n) is 1.59. The van der Waals surface area contributed by atoms with E-state index in [0.717, 1.165) is 0 Å². The van der Waals surface area contributed by atoms with E-state index in [1.54, 1.807) is 25.5 Å². The largest absolute Gasteiger partial charge is 0.329 e. The van der Waals surface area contributed by atoms with Gasteiger partial charge in [0.25, 0.3) is 0 Å². The molecule has 1 aromatic heterocycles. The first-order valence-corrected chi connectivity index (χ1v) is 7.02. The average Bonchev–Trinajstić information content (AvgIpc) is 2.65. The zero-order valence-corrected chi connectivity index (χ0v) is 11.1. The molecule has 1 heterocycles. The Morgan fingerprint density at radius 1 is 1.59 bits per heavy atom. The van der Waals surface area contributed by atoms with Crippen molar-refractivity contribution in [3.05, 3.63) is 12.2 Å². The van der Waals surface area contributed by atoms with Crippen LogP contribution in [0.4, 0.5) is 0 Å². The number of hydrogen-bond acceptors (Lipinski definition) is 5. The predicted octanol–water partition coefficient (Wildman–Crippen LogP) is -0.467. The maximum absolute atomic E-state index is 12.0. The van der Waals surface area contributed by atoms with E-state index in [1.807, 2.05) is 0 Å². The van der Waals surface area contributed by atoms with Crippen molar-refractivity contribution in [2.75, 3.05) is 6.54 Å². The van der Waals surface area contributed by atoms with Crippen molar-refractivity contribution in [1.82, 2.24) is 19.5 Å². The molecule has 2 unspecified atom stereocenters. The molecule has 98 valence electrons. The number of nitrogens with one attached hydrogen (secondary N) is 1. The van der Waals surface area contributed by atoms with Crippen LogP contribution in [-0.4, -0.2) is 35.0 Å². The molecule has 0 saturated heterocycles. The summed E-state index contributed by atoms with van der Waals surface area (Å²) < 4.78 is 28.2. The second kappa shape index (κ2) is 5.56. The second-order valence-electron chi connectivity index (χ2n) is 3.95. The van der Waals surface area contributed by atoms with E-state index in [9.17, 15) is 8.42 Å². The predicted molar refractivity (Wildman–Crippen MR) is 64.6 cm³/mol. The highest BCUT2D eigenvalue weighted by atomic mass is 32.2. The molecule has 0 spiro atoms. The molecule has 7 nitrogen and oxygen atoms in total. The van der Waals surface area contributed by atoms with E-state index < -0.39 is 21.3 Å². The Balaban J connectivity index is 2.81. The van der Waals surface area contributed by atoms with Crippen molar-refractivity contribution in [3.63, 3.8) is 0 Å². The summed E-state index contributed by atoms with van der Waals surface area (Å²) in [6.07, 6.45) is 2.01. The maximum Gasteiger partial charge on any atom is 0.216 e. The molecule has 0 aromatic carbocycles. The van der Waals surface area contributed by atoms with Crippen molar-refractivity contribution in [2.45, 2.75) is 31.6 Å². The Morgan fingerprint density at radius 2 is 2.24 bits per heavy atom. The van der Waals surface area contributed by atoms with Gasteiger partial charge in [-0.1, -0.05) is 6.92 Å². The molecular formula is C9H19N5O2S. The molecule has 17 heavy (non-hydrogen) atoms. The van der Waals surface area contributed by atoms with Crippen molar-refractivity contribution in [1.29, 1.82) is 0 Å². The van der Waals surface area contributed by atoms with Crippen LogP contribution in [0.3, 0.4) is 0 Å². The summed E-state index contributed by atoms with van der Waals surface area (Å²) in [6, 6.07) is -0.423. The van der Waals surface area contributed by atoms with Gasteiger partial charge in [0, 0.05) is 13.6 Å². The Kier molecular flexibility index (Phi) is 4.61. The highest BCUT2D eigenvalue weighted by Gasteiger charge is 2.26. The summed E-state index contributed by atoms with van der Waals surface area (Å²) in [7, 11) is -1.66. The van der Waals surface area contributed by atoms with Gasteiger partial charge in [0.1, 0.15) is 12.2 Å². The van der Waals surface area contributed by atoms with Crippen LogP contribution >= 0.6 is 0 Å². The number of rotatable bonds is 6. The van der Waals surface area contributed by atoms with Crippen LogP contribution in [0.2, 0.25) is 0 Å². The van der Waals surface area contributed by atoms with Gasteiger partial charge in [0.05, 0.1) is 11.3 Å². The van der Waals surface area contributed by atoms with E-state index in [1.165, 1.54) is 6.33 Å². The van der Waals surface area contributed by atoms with Gasteiger partial charge in [-0.2, -0.15) is 0 Å². The minimum absolute atomic E-state index is 0.109. The van der Waals surface area contributed by atoms with Gasteiger partial charge < -0.3 is 10.3 Å². The van der Waals surface area contributed by atoms with Crippen LogP contribution in [0.5, 0.6) is 0 Å². The van der Waals surface area contributed by atoms with Gasteiger partial charge in [-0.25, -0.2) is 13.1 Å². The zero-order chi connectivity index (χ0) is 13.1. The minimum Gasteiger partial charge on any atom is -0.329 e. The first kappa shape index (κ1) is 14.1. The first-order valence-electron chi connectivity index (χ1n) is 5.47. The molecule has 8 heteroatoms. The van der Waals surface area contributed by atoms with Gasteiger partial charge >= 0.3 is 0 Å². The topological polar surface area (TPSA) is 103 Å². The molecule has 1 rings (SSSR count). The van der Waals surface area contributed by atoms with Gasteiger partial charge in [-0.3, -0.25) is 0 Å². The van der Waals surface area contributed by atoms with Crippen molar-refractivity contribution < 1.29 is 8.42 Å². The third kappa shape index (κ3) is 3.24. The van der Waals surface area contributed by atoms with E-state index in [0.29, 0.717) is 12.2 Å². The SMILES string of the molecule is CCC(CN)S(=O)(=O)NC(C)c1nncn1C. The quantitative estimate of drug-likeness (QED) is 0.721. The number of nitrogens with zero attached hydrogens (tertiary/aromatic N) is 3. The van der Waals surface area contributed by atoms with Crippen molar-refractivity contribution in [3.8, 4) is 0 Å². The molecule has 2 atom stereocenters. The lowest BCUT2D eigenvalue weighted by Crippen LogP contribution is -2.40. The molecule has 0 aliphatic rings. The third-order valence-electron chi connectivity index (χ3n) is 2.63. The van der Waals surface area contributed by atoms with Crippen LogP contribution in [0, 0.1) is 0 Å². The molecule has 3 N–H and O–H groups in total. The van der Waals surface area contributed by atoms with Gasteiger partial charge in [-0.05, 0) is 13.3 Å². The number of aromatic nitrogens is 3. The molecular weight excluding hydrogens is 242 g/mol. The molecule has 0 saturated carbocycles. The highest BCUT2D eigenvalue weighted by molar-refractivity contribution is 7.90. The summed E-state index contributed by atoms with van der Waals surface area (Å²) in [4.78, 5) is 0. The first-order chi connectivity index (χ1) is 7.92. The molecule has 0 fully saturated rings. The van der Waals surface area contributed by atoms with Crippen LogP contribution in [0.15, 0.2) is 6.33 Å². The number of hydrogen-bond donors (Lipinski definition) is 2. The molecule has 0 bridgehead atoms. The molecule has 0 aliphatic carbocycles. The van der Waals surface area contributed by atoms with Crippen molar-refractivity contribution in [2.24, 2.45) is 12.8 Å². The van der Waals surface area contributed by atoms with E-state index >= 15 is 0 Å². The monoisotopic (exact) mass is 261 g/mol. The van der Waals surface area contributed by atoms with E-state index in [4.69, 9.17) is 5.73 Å². The van der Waals surface area contributed by atoms with Crippen LogP contribution in [0.25, 0.3) is 0 Å². The zero-order valence-electron chi connectivity index (χ0n) is 10.3. The lowest BCUT2D eigenvalue weighted by Gasteiger charge is -2.18. The molecule has 0 amide bonds. The lowest BCUT2D eigenvalue weighted by molar-refractivity contribution is 0.536. The Bertz CT molecular complexity index is 452. The number of nitrogens with two attached hydrogens (primary N) is 1. The van der Waals surface area contributed by atoms with Crippen molar-refractivity contribution >= 4 is 10.0 Å². The highest BCUT2D eigenvalue weighted by Crippen LogP contribution is 2.12. The molecule has 0 aliphatic heterocycles. The van der Waals surface area contributed by atoms with Crippen LogP contribution < -0.4 is 10.5 Å². The van der Waals surface area contributed by atoms with Gasteiger partial charge in [-0.15, -0.1) is 10.2 Å². The van der Waals surface area contributed by atoms with E-state index in [-0.39, 0.29) is 6.54 Å². The summed E-state index contributed by atoms with van der Waals surface area (Å²) in [5, 5.41) is 7.01. The Labute approximate surface area is 101 Å². The summed E-state index contributed by atoms with van der Waals surface area (Å²) in [5.74, 6) is 0.570. The van der Waals surface area contributed by atoms with Gasteiger partial charge in [0.2, 0.25) is 10.0 Å². The smallest absolute Gasteiger partial charge is 0.216 e. The third-order valence-corrected chi connectivity index (χ3v) is 4.72.